The molecule has 0 aromatic carbocycles. The minimum absolute atomic E-state index is 0.445. The zero-order valence-corrected chi connectivity index (χ0v) is 9.21. The normalized spacial score (nSPS) is 11.1. The smallest absolute Gasteiger partial charge is 0.230 e. The van der Waals surface area contributed by atoms with Crippen LogP contribution in [0.25, 0.3) is 0 Å². The van der Waals surface area contributed by atoms with E-state index in [0.29, 0.717) is 18.5 Å². The molecule has 0 saturated heterocycles. The maximum absolute atomic E-state index is 5.45. The molecule has 0 amide bonds. The molecule has 14 heavy (non-hydrogen) atoms. The van der Waals surface area contributed by atoms with E-state index in [1.807, 2.05) is 0 Å². The molecule has 1 aromatic heterocycles. The maximum atomic E-state index is 5.45. The van der Waals surface area contributed by atoms with E-state index in [0.717, 1.165) is 25.2 Å². The van der Waals surface area contributed by atoms with E-state index in [1.54, 1.807) is 0 Å². The second-order valence-electron chi connectivity index (χ2n) is 3.73. The number of aromatic nitrogens is 2. The van der Waals surface area contributed by atoms with Crippen LogP contribution in [0, 0.1) is 0 Å². The minimum Gasteiger partial charge on any atom is -0.424 e. The summed E-state index contributed by atoms with van der Waals surface area (Å²) in [4.78, 5) is 0. The van der Waals surface area contributed by atoms with Gasteiger partial charge in [-0.25, -0.2) is 0 Å². The van der Waals surface area contributed by atoms with Crippen molar-refractivity contribution in [2.75, 3.05) is 0 Å². The first kappa shape index (κ1) is 11.2. The Bertz CT molecular complexity index is 258. The lowest BCUT2D eigenvalue weighted by Crippen LogP contribution is -2.21. The third kappa shape index (κ3) is 3.87. The Morgan fingerprint density at radius 2 is 2.00 bits per heavy atom. The van der Waals surface area contributed by atoms with Gasteiger partial charge in [0.05, 0.1) is 6.54 Å². The van der Waals surface area contributed by atoms with Crippen molar-refractivity contribution in [3.63, 3.8) is 0 Å². The van der Waals surface area contributed by atoms with Crippen LogP contribution in [0.2, 0.25) is 0 Å². The molecular weight excluding hydrogens is 178 g/mol. The van der Waals surface area contributed by atoms with E-state index in [2.05, 4.69) is 36.3 Å². The van der Waals surface area contributed by atoms with Crippen LogP contribution in [0.1, 0.15) is 45.4 Å². The van der Waals surface area contributed by atoms with Crippen molar-refractivity contribution in [2.24, 2.45) is 0 Å². The van der Waals surface area contributed by atoms with Crippen molar-refractivity contribution >= 4 is 0 Å². The fourth-order valence-corrected chi connectivity index (χ4v) is 1.08. The molecular formula is C10H19N3O. The molecule has 1 rings (SSSR count). The average Bonchev–Trinajstić information content (AvgIpc) is 2.59. The Labute approximate surface area is 85.1 Å². The highest BCUT2D eigenvalue weighted by molar-refractivity contribution is 4.81. The largest absolute Gasteiger partial charge is 0.424 e. The molecule has 0 fully saturated rings. The van der Waals surface area contributed by atoms with Crippen molar-refractivity contribution in [3.8, 4) is 0 Å². The summed E-state index contributed by atoms with van der Waals surface area (Å²) in [6.07, 6.45) is 3.16. The van der Waals surface area contributed by atoms with Crippen LogP contribution in [0.4, 0.5) is 0 Å². The summed E-state index contributed by atoms with van der Waals surface area (Å²) in [5.41, 5.74) is 0. The topological polar surface area (TPSA) is 51.0 Å². The highest BCUT2D eigenvalue weighted by Gasteiger charge is 2.05. The monoisotopic (exact) mass is 197 g/mol. The lowest BCUT2D eigenvalue weighted by molar-refractivity contribution is 0.418. The summed E-state index contributed by atoms with van der Waals surface area (Å²) >= 11 is 0. The predicted molar refractivity (Wildman–Crippen MR) is 54.9 cm³/mol. The highest BCUT2D eigenvalue weighted by atomic mass is 16.4. The molecule has 0 aliphatic carbocycles. The molecule has 80 valence electrons. The first-order chi connectivity index (χ1) is 6.72. The van der Waals surface area contributed by atoms with E-state index in [9.17, 15) is 0 Å². The van der Waals surface area contributed by atoms with E-state index in [1.165, 1.54) is 0 Å². The molecule has 0 saturated carbocycles. The fraction of sp³-hybridized carbons (Fsp3) is 0.800. The van der Waals surface area contributed by atoms with Gasteiger partial charge >= 0.3 is 0 Å². The first-order valence-corrected chi connectivity index (χ1v) is 5.27. The summed E-state index contributed by atoms with van der Waals surface area (Å²) in [7, 11) is 0. The second-order valence-corrected chi connectivity index (χ2v) is 3.73. The van der Waals surface area contributed by atoms with Gasteiger partial charge in [-0.2, -0.15) is 0 Å². The average molecular weight is 197 g/mol. The molecule has 0 radical (unpaired) electrons. The van der Waals surface area contributed by atoms with Gasteiger partial charge in [-0.1, -0.05) is 27.2 Å². The van der Waals surface area contributed by atoms with E-state index in [-0.39, 0.29) is 0 Å². The van der Waals surface area contributed by atoms with E-state index < -0.39 is 0 Å². The summed E-state index contributed by atoms with van der Waals surface area (Å²) in [5, 5.41) is 11.2. The maximum Gasteiger partial charge on any atom is 0.230 e. The van der Waals surface area contributed by atoms with Crippen LogP contribution in [0.5, 0.6) is 0 Å². The van der Waals surface area contributed by atoms with Crippen LogP contribution in [0.15, 0.2) is 4.42 Å². The zero-order chi connectivity index (χ0) is 10.4. The summed E-state index contributed by atoms with van der Waals surface area (Å²) in [6, 6.07) is 0.445. The van der Waals surface area contributed by atoms with E-state index >= 15 is 0 Å². The molecule has 0 bridgehead atoms. The van der Waals surface area contributed by atoms with Gasteiger partial charge in [0.2, 0.25) is 11.8 Å². The van der Waals surface area contributed by atoms with Gasteiger partial charge in [0.15, 0.2) is 0 Å². The number of rotatable bonds is 6. The molecule has 1 N–H and O–H groups in total. The van der Waals surface area contributed by atoms with Gasteiger partial charge < -0.3 is 9.73 Å². The van der Waals surface area contributed by atoms with Gasteiger partial charge in [-0.3, -0.25) is 0 Å². The molecule has 0 aliphatic heterocycles. The highest BCUT2D eigenvalue weighted by Crippen LogP contribution is 2.04. The number of nitrogens with zero attached hydrogens (tertiary/aromatic N) is 2. The fourth-order valence-electron chi connectivity index (χ4n) is 1.08. The lowest BCUT2D eigenvalue weighted by Gasteiger charge is -2.03. The molecule has 4 nitrogen and oxygen atoms in total. The Balaban J connectivity index is 2.35. The SMILES string of the molecule is CCCCc1nnc(CNC(C)C)o1. The standard InChI is InChI=1S/C10H19N3O/c1-4-5-6-9-12-13-10(14-9)7-11-8(2)3/h8,11H,4-7H2,1-3H3. The Kier molecular flexibility index (Phi) is 4.59. The molecule has 1 heterocycles. The molecule has 4 heteroatoms. The Hall–Kier alpha value is -0.900. The van der Waals surface area contributed by atoms with Crippen LogP contribution >= 0.6 is 0 Å². The zero-order valence-electron chi connectivity index (χ0n) is 9.21. The van der Waals surface area contributed by atoms with Crippen LogP contribution in [0.3, 0.4) is 0 Å². The molecule has 0 unspecified atom stereocenters. The van der Waals surface area contributed by atoms with Gasteiger partial charge in [0.25, 0.3) is 0 Å². The second kappa shape index (κ2) is 5.75. The van der Waals surface area contributed by atoms with Crippen LogP contribution in [-0.2, 0) is 13.0 Å². The number of nitrogens with one attached hydrogen (secondary N) is 1. The van der Waals surface area contributed by atoms with Gasteiger partial charge in [0, 0.05) is 12.5 Å². The number of hydrogen-bond acceptors (Lipinski definition) is 4. The lowest BCUT2D eigenvalue weighted by atomic mass is 10.2. The summed E-state index contributed by atoms with van der Waals surface area (Å²) in [5.74, 6) is 1.44. The number of unbranched alkanes of at least 4 members (excludes halogenated alkanes) is 1. The van der Waals surface area contributed by atoms with Crippen molar-refractivity contribution in [1.29, 1.82) is 0 Å². The first-order valence-electron chi connectivity index (χ1n) is 5.27. The number of hydrogen-bond donors (Lipinski definition) is 1. The minimum atomic E-state index is 0.445. The molecule has 0 spiro atoms. The van der Waals surface area contributed by atoms with E-state index in [4.69, 9.17) is 4.42 Å². The summed E-state index contributed by atoms with van der Waals surface area (Å²) in [6.45, 7) is 7.00. The van der Waals surface area contributed by atoms with Crippen LogP contribution < -0.4 is 5.32 Å². The Morgan fingerprint density at radius 3 is 2.64 bits per heavy atom. The summed E-state index contributed by atoms with van der Waals surface area (Å²) < 4.78 is 5.45. The van der Waals surface area contributed by atoms with Crippen molar-refractivity contribution < 1.29 is 4.42 Å². The van der Waals surface area contributed by atoms with Gasteiger partial charge in [-0.05, 0) is 6.42 Å². The Morgan fingerprint density at radius 1 is 1.29 bits per heavy atom. The third-order valence-electron chi connectivity index (χ3n) is 1.91. The molecule has 0 aliphatic rings. The van der Waals surface area contributed by atoms with Gasteiger partial charge in [0.1, 0.15) is 0 Å². The van der Waals surface area contributed by atoms with Crippen molar-refractivity contribution in [1.82, 2.24) is 15.5 Å². The molecule has 0 atom stereocenters. The van der Waals surface area contributed by atoms with Crippen molar-refractivity contribution in [3.05, 3.63) is 11.8 Å². The predicted octanol–water partition coefficient (Wildman–Crippen LogP) is 1.91. The quantitative estimate of drug-likeness (QED) is 0.756. The number of aryl methyl sites for hydroxylation is 1. The van der Waals surface area contributed by atoms with Crippen LogP contribution in [-0.4, -0.2) is 16.2 Å². The van der Waals surface area contributed by atoms with Crippen molar-refractivity contribution in [2.45, 2.75) is 52.6 Å². The van der Waals surface area contributed by atoms with Gasteiger partial charge in [-0.15, -0.1) is 10.2 Å². The third-order valence-corrected chi connectivity index (χ3v) is 1.91. The molecule has 1 aromatic rings.